The summed E-state index contributed by atoms with van der Waals surface area (Å²) in [6, 6.07) is 4.83. The third kappa shape index (κ3) is 3.74. The highest BCUT2D eigenvalue weighted by atomic mass is 79.9. The first-order valence-corrected chi connectivity index (χ1v) is 7.61. The van der Waals surface area contributed by atoms with E-state index in [0.717, 1.165) is 23.1 Å². The van der Waals surface area contributed by atoms with E-state index in [1.807, 2.05) is 0 Å². The average Bonchev–Trinajstić information content (AvgIpc) is 3.19. The van der Waals surface area contributed by atoms with E-state index in [9.17, 15) is 4.79 Å². The van der Waals surface area contributed by atoms with Crippen LogP contribution in [-0.2, 0) is 6.54 Å². The molecular formula is C13H12BrClN4O2. The summed E-state index contributed by atoms with van der Waals surface area (Å²) in [5.74, 6) is 1.55. The van der Waals surface area contributed by atoms with Gasteiger partial charge in [-0.2, -0.15) is 4.98 Å². The second-order valence-corrected chi connectivity index (χ2v) is 6.08. The van der Waals surface area contributed by atoms with Gasteiger partial charge in [0.1, 0.15) is 0 Å². The molecule has 0 unspecified atom stereocenters. The first-order chi connectivity index (χ1) is 10.1. The lowest BCUT2D eigenvalue weighted by Gasteiger charge is -2.07. The fourth-order valence-electron chi connectivity index (χ4n) is 1.76. The molecule has 8 heteroatoms. The molecule has 2 aromatic rings. The van der Waals surface area contributed by atoms with Crippen molar-refractivity contribution in [2.45, 2.75) is 25.3 Å². The first kappa shape index (κ1) is 14.3. The number of halogens is 2. The van der Waals surface area contributed by atoms with Crippen LogP contribution in [0.2, 0.25) is 5.02 Å². The van der Waals surface area contributed by atoms with E-state index < -0.39 is 0 Å². The highest BCUT2D eigenvalue weighted by molar-refractivity contribution is 9.10. The Bertz CT molecular complexity index is 672. The van der Waals surface area contributed by atoms with Crippen LogP contribution >= 0.6 is 27.5 Å². The lowest BCUT2D eigenvalue weighted by Crippen LogP contribution is -2.28. The third-order valence-electron chi connectivity index (χ3n) is 3.01. The van der Waals surface area contributed by atoms with Crippen LogP contribution < -0.4 is 10.6 Å². The molecule has 0 saturated heterocycles. The minimum atomic E-state index is -0.384. The molecule has 1 fully saturated rings. The fraction of sp³-hybridized carbons (Fsp3) is 0.308. The van der Waals surface area contributed by atoms with Crippen LogP contribution in [0.4, 0.5) is 10.5 Å². The van der Waals surface area contributed by atoms with Gasteiger partial charge in [0.25, 0.3) is 0 Å². The SMILES string of the molecule is O=C(NCc1nc(C2CC2)no1)Nc1ccc(Br)cc1Cl. The van der Waals surface area contributed by atoms with Gasteiger partial charge in [-0.15, -0.1) is 0 Å². The number of carbonyl (C=O) groups is 1. The van der Waals surface area contributed by atoms with Crippen molar-refractivity contribution in [1.82, 2.24) is 15.5 Å². The number of carbonyl (C=O) groups excluding carboxylic acids is 1. The lowest BCUT2D eigenvalue weighted by molar-refractivity contribution is 0.249. The van der Waals surface area contributed by atoms with Crippen molar-refractivity contribution in [3.8, 4) is 0 Å². The largest absolute Gasteiger partial charge is 0.337 e. The summed E-state index contributed by atoms with van der Waals surface area (Å²) < 4.78 is 5.91. The average molecular weight is 372 g/mol. The minimum absolute atomic E-state index is 0.180. The molecule has 1 aliphatic carbocycles. The van der Waals surface area contributed by atoms with E-state index in [-0.39, 0.29) is 12.6 Å². The zero-order chi connectivity index (χ0) is 14.8. The van der Waals surface area contributed by atoms with E-state index in [4.69, 9.17) is 16.1 Å². The predicted octanol–water partition coefficient (Wildman–Crippen LogP) is 3.68. The molecular weight excluding hydrogens is 360 g/mol. The van der Waals surface area contributed by atoms with Gasteiger partial charge in [-0.3, -0.25) is 0 Å². The van der Waals surface area contributed by atoms with Gasteiger partial charge in [0, 0.05) is 10.4 Å². The summed E-state index contributed by atoms with van der Waals surface area (Å²) >= 11 is 9.32. The molecule has 0 bridgehead atoms. The number of benzene rings is 1. The normalized spacial score (nSPS) is 14.0. The molecule has 0 radical (unpaired) electrons. The van der Waals surface area contributed by atoms with Crippen molar-refractivity contribution >= 4 is 39.2 Å². The molecule has 1 heterocycles. The summed E-state index contributed by atoms with van der Waals surface area (Å²) in [6.45, 7) is 0.180. The molecule has 1 aromatic carbocycles. The number of nitrogens with one attached hydrogen (secondary N) is 2. The molecule has 1 saturated carbocycles. The molecule has 0 spiro atoms. The number of aromatic nitrogens is 2. The number of amides is 2. The Hall–Kier alpha value is -1.60. The van der Waals surface area contributed by atoms with Gasteiger partial charge in [-0.05, 0) is 31.0 Å². The summed E-state index contributed by atoms with van der Waals surface area (Å²) in [7, 11) is 0. The summed E-state index contributed by atoms with van der Waals surface area (Å²) in [6.07, 6.45) is 2.21. The van der Waals surface area contributed by atoms with E-state index in [2.05, 4.69) is 36.7 Å². The molecule has 1 aromatic heterocycles. The second-order valence-electron chi connectivity index (χ2n) is 4.75. The highest BCUT2D eigenvalue weighted by Gasteiger charge is 2.28. The van der Waals surface area contributed by atoms with E-state index >= 15 is 0 Å². The Labute approximate surface area is 134 Å². The van der Waals surface area contributed by atoms with Crippen LogP contribution in [0.1, 0.15) is 30.5 Å². The van der Waals surface area contributed by atoms with Crippen molar-refractivity contribution in [2.24, 2.45) is 0 Å². The standard InChI is InChI=1S/C13H12BrClN4O2/c14-8-3-4-10(9(15)5-8)17-13(20)16-6-11-18-12(19-21-11)7-1-2-7/h3-5,7H,1-2,6H2,(H2,16,17,20). The van der Waals surface area contributed by atoms with Crippen molar-refractivity contribution in [3.63, 3.8) is 0 Å². The number of rotatable bonds is 4. The molecule has 110 valence electrons. The van der Waals surface area contributed by atoms with Crippen LogP contribution in [0.15, 0.2) is 27.2 Å². The number of nitrogens with zero attached hydrogens (tertiary/aromatic N) is 2. The van der Waals surface area contributed by atoms with Crippen molar-refractivity contribution in [2.75, 3.05) is 5.32 Å². The van der Waals surface area contributed by atoms with Crippen LogP contribution in [-0.4, -0.2) is 16.2 Å². The predicted molar refractivity (Wildman–Crippen MR) is 81.3 cm³/mol. The molecule has 2 amide bonds. The molecule has 6 nitrogen and oxygen atoms in total. The molecule has 1 aliphatic rings. The highest BCUT2D eigenvalue weighted by Crippen LogP contribution is 2.38. The van der Waals surface area contributed by atoms with Crippen LogP contribution in [0, 0.1) is 0 Å². The Morgan fingerprint density at radius 3 is 3.00 bits per heavy atom. The quantitative estimate of drug-likeness (QED) is 0.859. The van der Waals surface area contributed by atoms with E-state index in [1.165, 1.54) is 0 Å². The fourth-order valence-corrected chi connectivity index (χ4v) is 2.48. The maximum atomic E-state index is 11.8. The Morgan fingerprint density at radius 2 is 2.29 bits per heavy atom. The Morgan fingerprint density at radius 1 is 1.48 bits per heavy atom. The third-order valence-corrected chi connectivity index (χ3v) is 3.81. The first-order valence-electron chi connectivity index (χ1n) is 6.44. The van der Waals surface area contributed by atoms with Crippen molar-refractivity contribution in [3.05, 3.63) is 39.4 Å². The number of anilines is 1. The van der Waals surface area contributed by atoms with E-state index in [1.54, 1.807) is 18.2 Å². The van der Waals surface area contributed by atoms with Gasteiger partial charge in [-0.1, -0.05) is 32.7 Å². The topological polar surface area (TPSA) is 80.1 Å². The Kier molecular flexibility index (Phi) is 4.12. The Balaban J connectivity index is 1.53. The summed E-state index contributed by atoms with van der Waals surface area (Å²) in [5.41, 5.74) is 0.529. The zero-order valence-electron chi connectivity index (χ0n) is 10.9. The van der Waals surface area contributed by atoms with E-state index in [0.29, 0.717) is 22.5 Å². The van der Waals surface area contributed by atoms with Gasteiger partial charge in [0.15, 0.2) is 5.82 Å². The molecule has 2 N–H and O–H groups in total. The smallest absolute Gasteiger partial charge is 0.319 e. The van der Waals surface area contributed by atoms with Gasteiger partial charge in [0.05, 0.1) is 17.3 Å². The molecule has 3 rings (SSSR count). The number of urea groups is 1. The number of hydrogen-bond acceptors (Lipinski definition) is 4. The zero-order valence-corrected chi connectivity index (χ0v) is 13.2. The molecule has 0 atom stereocenters. The van der Waals surface area contributed by atoms with Crippen molar-refractivity contribution in [1.29, 1.82) is 0 Å². The molecule has 21 heavy (non-hydrogen) atoms. The molecule has 0 aliphatic heterocycles. The van der Waals surface area contributed by atoms with Crippen molar-refractivity contribution < 1.29 is 9.32 Å². The number of hydrogen-bond donors (Lipinski definition) is 2. The van der Waals surface area contributed by atoms with Crippen LogP contribution in [0.5, 0.6) is 0 Å². The maximum absolute atomic E-state index is 11.8. The maximum Gasteiger partial charge on any atom is 0.319 e. The van der Waals surface area contributed by atoms with Gasteiger partial charge in [0.2, 0.25) is 5.89 Å². The van der Waals surface area contributed by atoms with Crippen LogP contribution in [0.3, 0.4) is 0 Å². The van der Waals surface area contributed by atoms with Gasteiger partial charge >= 0.3 is 6.03 Å². The second kappa shape index (κ2) is 6.03. The monoisotopic (exact) mass is 370 g/mol. The van der Waals surface area contributed by atoms with Crippen LogP contribution in [0.25, 0.3) is 0 Å². The summed E-state index contributed by atoms with van der Waals surface area (Å²) in [5, 5.41) is 9.63. The minimum Gasteiger partial charge on any atom is -0.337 e. The summed E-state index contributed by atoms with van der Waals surface area (Å²) in [4.78, 5) is 16.0. The lowest BCUT2D eigenvalue weighted by atomic mass is 10.3. The van der Waals surface area contributed by atoms with Gasteiger partial charge in [-0.25, -0.2) is 4.79 Å². The van der Waals surface area contributed by atoms with Gasteiger partial charge < -0.3 is 15.2 Å².